The van der Waals surface area contributed by atoms with Gasteiger partial charge in [0.1, 0.15) is 6.07 Å². The molecule has 0 aliphatic heterocycles. The van der Waals surface area contributed by atoms with Crippen LogP contribution in [-0.4, -0.2) is 13.7 Å². The lowest BCUT2D eigenvalue weighted by molar-refractivity contribution is 1.15. The number of aromatic nitrogens is 3. The molecule has 0 radical (unpaired) electrons. The van der Waals surface area contributed by atoms with Crippen molar-refractivity contribution in [1.82, 2.24) is 13.7 Å². The van der Waals surface area contributed by atoms with Gasteiger partial charge in [0.2, 0.25) is 5.69 Å². The summed E-state index contributed by atoms with van der Waals surface area (Å²) in [4.78, 5) is 4.09. The van der Waals surface area contributed by atoms with Gasteiger partial charge in [0, 0.05) is 43.6 Å². The van der Waals surface area contributed by atoms with Crippen LogP contribution >= 0.6 is 0 Å². The Morgan fingerprint density at radius 3 is 1.33 bits per heavy atom. The van der Waals surface area contributed by atoms with Crippen LogP contribution < -0.4 is 0 Å². The summed E-state index contributed by atoms with van der Waals surface area (Å²) in [6.45, 7) is 8.38. The Kier molecular flexibility index (Phi) is 6.61. The summed E-state index contributed by atoms with van der Waals surface area (Å²) in [5.41, 5.74) is 11.8. The minimum absolute atomic E-state index is 0.537. The highest BCUT2D eigenvalue weighted by atomic mass is 15.0. The molecule has 0 saturated heterocycles. The third-order valence-corrected chi connectivity index (χ3v) is 11.1. The molecule has 0 atom stereocenters. The van der Waals surface area contributed by atoms with E-state index in [2.05, 4.69) is 164 Å². The number of para-hydroxylation sites is 7. The van der Waals surface area contributed by atoms with Crippen LogP contribution in [0.1, 0.15) is 5.56 Å². The molecular formula is C50H29N5. The molecule has 11 rings (SSSR count). The first-order valence-corrected chi connectivity index (χ1v) is 18.3. The van der Waals surface area contributed by atoms with Crippen molar-refractivity contribution in [2.45, 2.75) is 0 Å². The lowest BCUT2D eigenvalue weighted by Crippen LogP contribution is -2.04. The SMILES string of the molecule is [C-]#[N+]c1cccc(-c2cccc(C#N)c2-n2c3ccccc3c3cc(-n4c5ccccc5c5ccccc54)ccc32)c1-n1c2ccccc2c2ccccc21. The molecule has 8 aromatic carbocycles. The Labute approximate surface area is 316 Å². The molecule has 5 nitrogen and oxygen atoms in total. The van der Waals surface area contributed by atoms with Crippen LogP contribution in [0.25, 0.3) is 98.5 Å². The lowest BCUT2D eigenvalue weighted by Gasteiger charge is -2.20. The summed E-state index contributed by atoms with van der Waals surface area (Å²) >= 11 is 0. The molecule has 3 aromatic heterocycles. The van der Waals surface area contributed by atoms with Gasteiger partial charge in [0.25, 0.3) is 0 Å². The van der Waals surface area contributed by atoms with Crippen molar-refractivity contribution < 1.29 is 0 Å². The molecule has 0 amide bonds. The first kappa shape index (κ1) is 30.7. The summed E-state index contributed by atoms with van der Waals surface area (Å²) in [6, 6.07) is 63.4. The summed E-state index contributed by atoms with van der Waals surface area (Å²) in [5, 5.41) is 17.7. The van der Waals surface area contributed by atoms with E-state index >= 15 is 0 Å². The maximum atomic E-state index is 10.8. The number of rotatable bonds is 4. The van der Waals surface area contributed by atoms with Crippen LogP contribution in [0.5, 0.6) is 0 Å². The summed E-state index contributed by atoms with van der Waals surface area (Å²) < 4.78 is 6.81. The largest absolute Gasteiger partial charge is 0.318 e. The maximum absolute atomic E-state index is 10.8. The Morgan fingerprint density at radius 2 is 0.818 bits per heavy atom. The average molecular weight is 700 g/mol. The monoisotopic (exact) mass is 699 g/mol. The highest BCUT2D eigenvalue weighted by Gasteiger charge is 2.24. The minimum Gasteiger partial charge on any atom is -0.318 e. The summed E-state index contributed by atoms with van der Waals surface area (Å²) in [7, 11) is 0. The van der Waals surface area contributed by atoms with Crippen molar-refractivity contribution in [3.05, 3.63) is 193 Å². The van der Waals surface area contributed by atoms with Gasteiger partial charge in [0.05, 0.1) is 56.6 Å². The fraction of sp³-hybridized carbons (Fsp3) is 0. The normalized spacial score (nSPS) is 11.6. The minimum atomic E-state index is 0.537. The van der Waals surface area contributed by atoms with E-state index in [1.807, 2.05) is 36.4 Å². The molecule has 0 aliphatic carbocycles. The molecule has 0 spiro atoms. The van der Waals surface area contributed by atoms with E-state index in [4.69, 9.17) is 6.57 Å². The van der Waals surface area contributed by atoms with Gasteiger partial charge < -0.3 is 13.7 Å². The van der Waals surface area contributed by atoms with Crippen LogP contribution in [0.2, 0.25) is 0 Å². The predicted molar refractivity (Wildman–Crippen MR) is 226 cm³/mol. The van der Waals surface area contributed by atoms with E-state index in [-0.39, 0.29) is 0 Å². The number of nitrogens with zero attached hydrogens (tertiary/aromatic N) is 5. The van der Waals surface area contributed by atoms with E-state index in [0.29, 0.717) is 11.3 Å². The Hall–Kier alpha value is -7.86. The number of benzene rings is 8. The molecule has 0 unspecified atom stereocenters. The number of nitriles is 1. The van der Waals surface area contributed by atoms with E-state index in [9.17, 15) is 5.26 Å². The van der Waals surface area contributed by atoms with Crippen LogP contribution in [0.3, 0.4) is 0 Å². The molecule has 0 fully saturated rings. The zero-order valence-corrected chi connectivity index (χ0v) is 29.5. The quantitative estimate of drug-likeness (QED) is 0.169. The fourth-order valence-corrected chi connectivity index (χ4v) is 8.87. The van der Waals surface area contributed by atoms with E-state index in [1.54, 1.807) is 0 Å². The molecule has 11 aromatic rings. The van der Waals surface area contributed by atoms with Gasteiger partial charge >= 0.3 is 0 Å². The van der Waals surface area contributed by atoms with Gasteiger partial charge in [-0.1, -0.05) is 121 Å². The Balaban J connectivity index is 1.22. The molecular weight excluding hydrogens is 671 g/mol. The van der Waals surface area contributed by atoms with Gasteiger partial charge in [0.15, 0.2) is 0 Å². The fourth-order valence-electron chi connectivity index (χ4n) is 8.87. The molecule has 0 saturated carbocycles. The summed E-state index contributed by atoms with van der Waals surface area (Å²) in [5.74, 6) is 0. The predicted octanol–water partition coefficient (Wildman–Crippen LogP) is 13.1. The van der Waals surface area contributed by atoms with Crippen LogP contribution in [-0.2, 0) is 0 Å². The first-order valence-electron chi connectivity index (χ1n) is 18.3. The Bertz CT molecular complexity index is 3360. The maximum Gasteiger partial charge on any atom is 0.211 e. The number of fused-ring (bicyclic) bond motifs is 9. The van der Waals surface area contributed by atoms with Gasteiger partial charge in [-0.15, -0.1) is 0 Å². The molecule has 254 valence electrons. The van der Waals surface area contributed by atoms with Crippen LogP contribution in [0.4, 0.5) is 5.69 Å². The smallest absolute Gasteiger partial charge is 0.211 e. The zero-order valence-electron chi connectivity index (χ0n) is 29.5. The van der Waals surface area contributed by atoms with E-state index in [0.717, 1.165) is 82.8 Å². The molecule has 0 aliphatic rings. The third-order valence-electron chi connectivity index (χ3n) is 11.1. The van der Waals surface area contributed by atoms with Crippen molar-refractivity contribution in [3.8, 4) is 34.3 Å². The first-order chi connectivity index (χ1) is 27.2. The van der Waals surface area contributed by atoms with Gasteiger partial charge in [-0.3, -0.25) is 0 Å². The van der Waals surface area contributed by atoms with E-state index in [1.165, 1.54) is 10.8 Å². The van der Waals surface area contributed by atoms with Crippen molar-refractivity contribution in [2.75, 3.05) is 0 Å². The van der Waals surface area contributed by atoms with Crippen molar-refractivity contribution in [2.24, 2.45) is 0 Å². The van der Waals surface area contributed by atoms with E-state index < -0.39 is 0 Å². The van der Waals surface area contributed by atoms with Crippen molar-refractivity contribution in [3.63, 3.8) is 0 Å². The van der Waals surface area contributed by atoms with Gasteiger partial charge in [-0.05, 0) is 60.2 Å². The molecule has 55 heavy (non-hydrogen) atoms. The molecule has 5 heteroatoms. The van der Waals surface area contributed by atoms with Gasteiger partial charge in [-0.2, -0.15) is 5.26 Å². The summed E-state index contributed by atoms with van der Waals surface area (Å²) in [6.07, 6.45) is 0. The zero-order chi connectivity index (χ0) is 36.6. The van der Waals surface area contributed by atoms with Crippen molar-refractivity contribution >= 4 is 71.1 Å². The topological polar surface area (TPSA) is 42.9 Å². The van der Waals surface area contributed by atoms with Crippen LogP contribution in [0, 0.1) is 17.9 Å². The molecule has 0 bridgehead atoms. The lowest BCUT2D eigenvalue weighted by atomic mass is 9.97. The second kappa shape index (κ2) is 11.8. The third kappa shape index (κ3) is 4.33. The number of hydrogen-bond acceptors (Lipinski definition) is 1. The molecule has 0 N–H and O–H groups in total. The molecule has 3 heterocycles. The van der Waals surface area contributed by atoms with Gasteiger partial charge in [-0.25, -0.2) is 4.85 Å². The van der Waals surface area contributed by atoms with Crippen LogP contribution in [0.15, 0.2) is 176 Å². The number of hydrogen-bond donors (Lipinski definition) is 0. The average Bonchev–Trinajstić information content (AvgIpc) is 3.88. The highest BCUT2D eigenvalue weighted by Crippen LogP contribution is 2.45. The standard InChI is InChI=1S/C50H29N5/c1-52-42-22-13-21-40(50(42)55-45-25-9-4-17-36(45)37-18-5-10-26-46(37)55)39-20-12-14-32(31-51)49(39)54-47-27-11-6-19-38(47)41-30-33(28-29-48(41)54)53-43-23-7-2-15-34(43)35-16-3-8-24-44(35)53/h2-30H. The second-order valence-corrected chi connectivity index (χ2v) is 13.9. The second-order valence-electron chi connectivity index (χ2n) is 13.9. The Morgan fingerprint density at radius 1 is 0.400 bits per heavy atom. The highest BCUT2D eigenvalue weighted by molar-refractivity contribution is 6.14. The van der Waals surface area contributed by atoms with Crippen molar-refractivity contribution in [1.29, 1.82) is 5.26 Å².